The zero-order chi connectivity index (χ0) is 17.5. The van der Waals surface area contributed by atoms with Crippen LogP contribution in [-0.4, -0.2) is 59.5 Å². The molecule has 1 aliphatic heterocycles. The Bertz CT molecular complexity index is 529. The van der Waals surface area contributed by atoms with Gasteiger partial charge in [-0.15, -0.1) is 0 Å². The Balaban J connectivity index is 1.94. The molecule has 136 valence electrons. The number of aromatic nitrogens is 2. The molecule has 0 spiro atoms. The fraction of sp³-hybridized carbons (Fsp3) is 0.778. The number of carbonyl (C=O) groups is 1. The van der Waals surface area contributed by atoms with Crippen LogP contribution in [0.5, 0.6) is 0 Å². The third kappa shape index (κ3) is 5.05. The van der Waals surface area contributed by atoms with Crippen molar-refractivity contribution in [2.45, 2.75) is 65.1 Å². The maximum Gasteiger partial charge on any atom is 0.237 e. The number of nitrogens with one attached hydrogen (secondary N) is 1. The van der Waals surface area contributed by atoms with E-state index in [1.807, 2.05) is 13.8 Å². The first-order valence-corrected chi connectivity index (χ1v) is 9.06. The van der Waals surface area contributed by atoms with Crippen molar-refractivity contribution in [3.8, 4) is 0 Å². The van der Waals surface area contributed by atoms with Gasteiger partial charge in [-0.05, 0) is 52.6 Å². The Morgan fingerprint density at radius 3 is 2.92 bits per heavy atom. The lowest BCUT2D eigenvalue weighted by atomic mass is 9.99. The normalized spacial score (nSPS) is 20.1. The van der Waals surface area contributed by atoms with Crippen LogP contribution in [0.3, 0.4) is 0 Å². The van der Waals surface area contributed by atoms with Gasteiger partial charge < -0.3 is 10.1 Å². The molecule has 1 aromatic heterocycles. The number of amides is 1. The standard InChI is InChI=1S/C18H32N4O2/c1-14-12-15(2)22(20-14)13-17-8-5-6-10-21(17)16(3)18(23)19-9-7-11-24-4/h12,16-17H,5-11,13H2,1-4H3,(H,19,23)/t16-,17+/m1/s1. The number of hydrogen-bond acceptors (Lipinski definition) is 4. The zero-order valence-corrected chi connectivity index (χ0v) is 15.5. The number of methoxy groups -OCH3 is 1. The molecule has 0 radical (unpaired) electrons. The van der Waals surface area contributed by atoms with Crippen LogP contribution in [0.1, 0.15) is 44.0 Å². The van der Waals surface area contributed by atoms with Gasteiger partial charge in [0.25, 0.3) is 0 Å². The van der Waals surface area contributed by atoms with Crippen LogP contribution in [-0.2, 0) is 16.1 Å². The first kappa shape index (κ1) is 18.9. The highest BCUT2D eigenvalue weighted by Crippen LogP contribution is 2.21. The van der Waals surface area contributed by atoms with Crippen LogP contribution in [0, 0.1) is 13.8 Å². The largest absolute Gasteiger partial charge is 0.385 e. The van der Waals surface area contributed by atoms with Gasteiger partial charge in [-0.25, -0.2) is 0 Å². The van der Waals surface area contributed by atoms with E-state index >= 15 is 0 Å². The number of ether oxygens (including phenoxy) is 1. The third-order valence-electron chi connectivity index (χ3n) is 4.86. The van der Waals surface area contributed by atoms with Crippen molar-refractivity contribution in [3.05, 3.63) is 17.5 Å². The number of hydrogen-bond donors (Lipinski definition) is 1. The summed E-state index contributed by atoms with van der Waals surface area (Å²) in [5.41, 5.74) is 2.24. The number of nitrogens with zero attached hydrogens (tertiary/aromatic N) is 3. The number of aryl methyl sites for hydroxylation is 2. The van der Waals surface area contributed by atoms with Crippen LogP contribution in [0.4, 0.5) is 0 Å². The Morgan fingerprint density at radius 1 is 1.46 bits per heavy atom. The fourth-order valence-corrected chi connectivity index (χ4v) is 3.51. The van der Waals surface area contributed by atoms with Gasteiger partial charge in [0, 0.05) is 32.0 Å². The van der Waals surface area contributed by atoms with Gasteiger partial charge in [0.15, 0.2) is 0 Å². The van der Waals surface area contributed by atoms with Gasteiger partial charge in [0.1, 0.15) is 0 Å². The van der Waals surface area contributed by atoms with E-state index in [1.54, 1.807) is 7.11 Å². The van der Waals surface area contributed by atoms with Gasteiger partial charge >= 0.3 is 0 Å². The van der Waals surface area contributed by atoms with Gasteiger partial charge in [0.2, 0.25) is 5.91 Å². The number of carbonyl (C=O) groups excluding carboxylic acids is 1. The van der Waals surface area contributed by atoms with Crippen molar-refractivity contribution in [1.29, 1.82) is 0 Å². The number of piperidine rings is 1. The lowest BCUT2D eigenvalue weighted by Gasteiger charge is -2.39. The van der Waals surface area contributed by atoms with Gasteiger partial charge in [0.05, 0.1) is 18.3 Å². The SMILES string of the molecule is COCCCNC(=O)[C@@H](C)N1CCCC[C@H]1Cn1nc(C)cc1C. The highest BCUT2D eigenvalue weighted by atomic mass is 16.5. The molecule has 1 aromatic rings. The van der Waals surface area contributed by atoms with Gasteiger partial charge in [-0.2, -0.15) is 5.10 Å². The van der Waals surface area contributed by atoms with Gasteiger partial charge in [-0.3, -0.25) is 14.4 Å². The Morgan fingerprint density at radius 2 is 2.25 bits per heavy atom. The van der Waals surface area contributed by atoms with Crippen molar-refractivity contribution in [1.82, 2.24) is 20.0 Å². The molecule has 2 heterocycles. The maximum absolute atomic E-state index is 12.5. The second-order valence-corrected chi connectivity index (χ2v) is 6.81. The minimum Gasteiger partial charge on any atom is -0.385 e. The molecular weight excluding hydrogens is 304 g/mol. The second kappa shape index (κ2) is 9.18. The van der Waals surface area contributed by atoms with Crippen LogP contribution < -0.4 is 5.32 Å². The summed E-state index contributed by atoms with van der Waals surface area (Å²) in [6, 6.07) is 2.38. The zero-order valence-electron chi connectivity index (χ0n) is 15.5. The molecule has 0 bridgehead atoms. The minimum absolute atomic E-state index is 0.102. The summed E-state index contributed by atoms with van der Waals surface area (Å²) in [6.45, 7) is 9.34. The molecule has 0 aliphatic carbocycles. The average molecular weight is 336 g/mol. The molecule has 2 atom stereocenters. The summed E-state index contributed by atoms with van der Waals surface area (Å²) < 4.78 is 7.11. The molecule has 0 saturated carbocycles. The van der Waals surface area contributed by atoms with Gasteiger partial charge in [-0.1, -0.05) is 6.42 Å². The minimum atomic E-state index is -0.102. The van der Waals surface area contributed by atoms with E-state index in [0.29, 0.717) is 19.2 Å². The summed E-state index contributed by atoms with van der Waals surface area (Å²) in [5, 5.41) is 7.62. The number of rotatable bonds is 8. The first-order chi connectivity index (χ1) is 11.5. The average Bonchev–Trinajstić information content (AvgIpc) is 2.88. The topological polar surface area (TPSA) is 59.4 Å². The Labute approximate surface area is 145 Å². The van der Waals surface area contributed by atoms with Crippen molar-refractivity contribution in [3.63, 3.8) is 0 Å². The molecule has 0 aromatic carbocycles. The second-order valence-electron chi connectivity index (χ2n) is 6.81. The fourth-order valence-electron chi connectivity index (χ4n) is 3.51. The molecule has 1 amide bonds. The summed E-state index contributed by atoms with van der Waals surface area (Å²) in [4.78, 5) is 14.8. The highest BCUT2D eigenvalue weighted by molar-refractivity contribution is 5.81. The smallest absolute Gasteiger partial charge is 0.237 e. The maximum atomic E-state index is 12.5. The van der Waals surface area contributed by atoms with Crippen molar-refractivity contribution < 1.29 is 9.53 Å². The molecule has 6 heteroatoms. The van der Waals surface area contributed by atoms with E-state index in [1.165, 1.54) is 12.1 Å². The molecule has 0 unspecified atom stereocenters. The predicted octanol–water partition coefficient (Wildman–Crippen LogP) is 1.90. The van der Waals surface area contributed by atoms with Crippen molar-refractivity contribution in [2.75, 3.05) is 26.8 Å². The molecule has 1 N–H and O–H groups in total. The first-order valence-electron chi connectivity index (χ1n) is 9.06. The molecule has 6 nitrogen and oxygen atoms in total. The van der Waals surface area contributed by atoms with E-state index in [2.05, 4.69) is 33.0 Å². The van der Waals surface area contributed by atoms with Crippen LogP contribution in [0.15, 0.2) is 6.07 Å². The lowest BCUT2D eigenvalue weighted by molar-refractivity contribution is -0.127. The third-order valence-corrected chi connectivity index (χ3v) is 4.86. The molecular formula is C18H32N4O2. The Kier molecular flexibility index (Phi) is 7.24. The predicted molar refractivity (Wildman–Crippen MR) is 95.0 cm³/mol. The van der Waals surface area contributed by atoms with E-state index < -0.39 is 0 Å². The van der Waals surface area contributed by atoms with Crippen molar-refractivity contribution >= 4 is 5.91 Å². The summed E-state index contributed by atoms with van der Waals surface area (Å²) >= 11 is 0. The molecule has 2 rings (SSSR count). The van der Waals surface area contributed by atoms with E-state index in [-0.39, 0.29) is 11.9 Å². The molecule has 24 heavy (non-hydrogen) atoms. The quantitative estimate of drug-likeness (QED) is 0.737. The summed E-state index contributed by atoms with van der Waals surface area (Å²) in [5.74, 6) is 0.117. The van der Waals surface area contributed by atoms with Crippen LogP contribution >= 0.6 is 0 Å². The van der Waals surface area contributed by atoms with Crippen LogP contribution in [0.25, 0.3) is 0 Å². The van der Waals surface area contributed by atoms with E-state index in [9.17, 15) is 4.79 Å². The summed E-state index contributed by atoms with van der Waals surface area (Å²) in [7, 11) is 1.68. The van der Waals surface area contributed by atoms with E-state index in [0.717, 1.165) is 38.0 Å². The summed E-state index contributed by atoms with van der Waals surface area (Å²) in [6.07, 6.45) is 4.36. The molecule has 1 fully saturated rings. The van der Waals surface area contributed by atoms with Crippen molar-refractivity contribution in [2.24, 2.45) is 0 Å². The Hall–Kier alpha value is -1.40. The molecule has 1 aliphatic rings. The van der Waals surface area contributed by atoms with Crippen LogP contribution in [0.2, 0.25) is 0 Å². The van der Waals surface area contributed by atoms with E-state index in [4.69, 9.17) is 4.74 Å². The monoisotopic (exact) mass is 336 g/mol. The molecule has 1 saturated heterocycles. The highest BCUT2D eigenvalue weighted by Gasteiger charge is 2.30. The number of likely N-dealkylation sites (tertiary alicyclic amines) is 1. The lowest BCUT2D eigenvalue weighted by Crippen LogP contribution is -2.53.